The van der Waals surface area contributed by atoms with Gasteiger partial charge in [-0.25, -0.2) is 28.5 Å². The molecule has 0 radical (unpaired) electrons. The third-order valence-electron chi connectivity index (χ3n) is 10.1. The molecule has 19 heteroatoms. The van der Waals surface area contributed by atoms with E-state index in [1.54, 1.807) is 48.2 Å². The zero-order valence-electron chi connectivity index (χ0n) is 33.6. The summed E-state index contributed by atoms with van der Waals surface area (Å²) in [6, 6.07) is 17.9. The minimum absolute atomic E-state index is 0.0247. The number of amidine groups is 1. The second-order valence-electron chi connectivity index (χ2n) is 14.0. The second kappa shape index (κ2) is 18.0. The molecule has 7 rings (SSSR count). The average molecular weight is 880 g/mol. The lowest BCUT2D eigenvalue weighted by Gasteiger charge is -2.32. The smallest absolute Gasteiger partial charge is 0.418 e. The molecule has 0 saturated heterocycles. The molecular formula is C43H39ClF5N7O6. The number of halogens is 6. The molecule has 2 aromatic heterocycles. The van der Waals surface area contributed by atoms with Crippen molar-refractivity contribution in [1.82, 2.24) is 14.9 Å². The van der Waals surface area contributed by atoms with Crippen molar-refractivity contribution in [2.75, 3.05) is 49.7 Å². The Morgan fingerprint density at radius 2 is 1.69 bits per heavy atom. The molecule has 5 aromatic rings. The number of hydrogen-bond donors (Lipinski definition) is 3. The summed E-state index contributed by atoms with van der Waals surface area (Å²) in [6.45, 7) is 1.54. The van der Waals surface area contributed by atoms with E-state index in [1.165, 1.54) is 44.5 Å². The number of pyridine rings is 2. The van der Waals surface area contributed by atoms with Crippen molar-refractivity contribution in [2.24, 2.45) is 4.99 Å². The van der Waals surface area contributed by atoms with Crippen molar-refractivity contribution in [3.05, 3.63) is 129 Å². The Balaban J connectivity index is 1.42. The number of amides is 1. The first-order chi connectivity index (χ1) is 29.7. The Hall–Kier alpha value is -6.82. The Labute approximate surface area is 357 Å². The van der Waals surface area contributed by atoms with Crippen molar-refractivity contribution in [3.63, 3.8) is 0 Å². The van der Waals surface area contributed by atoms with Gasteiger partial charge in [0.25, 0.3) is 0 Å². The Morgan fingerprint density at radius 3 is 2.27 bits per heavy atom. The number of carbonyl (C=O) groups is 1. The van der Waals surface area contributed by atoms with Crippen LogP contribution in [-0.4, -0.2) is 66.1 Å². The molecular weight excluding hydrogens is 841 g/mol. The van der Waals surface area contributed by atoms with Crippen LogP contribution in [0.2, 0.25) is 5.02 Å². The summed E-state index contributed by atoms with van der Waals surface area (Å²) < 4.78 is 99.2. The normalized spacial score (nSPS) is 13.7. The van der Waals surface area contributed by atoms with Gasteiger partial charge in [0.1, 0.15) is 48.9 Å². The third kappa shape index (κ3) is 8.81. The molecule has 0 spiro atoms. The van der Waals surface area contributed by atoms with Crippen LogP contribution in [0.5, 0.6) is 17.2 Å². The van der Waals surface area contributed by atoms with Gasteiger partial charge < -0.3 is 39.2 Å². The molecule has 1 atom stereocenters. The highest BCUT2D eigenvalue weighted by molar-refractivity contribution is 6.37. The van der Waals surface area contributed by atoms with Crippen LogP contribution in [-0.2, 0) is 24.0 Å². The summed E-state index contributed by atoms with van der Waals surface area (Å²) >= 11 is 7.05. The molecule has 0 aliphatic carbocycles. The number of carboxylic acid groups (broad SMARTS) is 1. The maximum atomic E-state index is 17.6. The number of alkyl halides is 4. The van der Waals surface area contributed by atoms with Gasteiger partial charge in [0, 0.05) is 24.8 Å². The number of methoxy groups -OCH3 is 2. The van der Waals surface area contributed by atoms with Gasteiger partial charge in [-0.2, -0.15) is 13.2 Å². The molecule has 1 amide bonds. The fraction of sp³-hybridized carbons (Fsp3) is 0.256. The lowest BCUT2D eigenvalue weighted by molar-refractivity contribution is -0.137. The fourth-order valence-corrected chi connectivity index (χ4v) is 7.56. The zero-order valence-corrected chi connectivity index (χ0v) is 34.4. The summed E-state index contributed by atoms with van der Waals surface area (Å²) in [6.07, 6.45) is -3.79. The van der Waals surface area contributed by atoms with Gasteiger partial charge in [-0.3, -0.25) is 5.32 Å². The Bertz CT molecular complexity index is 2490. The standard InChI is InChI=1S/C43H39ClF5N7O6/c1-23-18-30(55(19-25-7-11-27(59-3)12-8-25)20-26-9-13-28(60-4)14-10-26)53-37(34(23)43(47,48)49)32-35(44)38-33-39(36(32)46)62-31(61-17-15-45)21-56(41(33)52-22-51-38)24(2)29-6-5-16-50-40(29)54-42(57)58/h5-14,16,18,21,24,51H,15,17,19-20,22H2,1-4H3,(H,50,54)(H,57,58). The molecule has 3 N–H and O–H groups in total. The summed E-state index contributed by atoms with van der Waals surface area (Å²) in [7, 11) is 3.06. The van der Waals surface area contributed by atoms with Gasteiger partial charge in [0.15, 0.2) is 11.6 Å². The van der Waals surface area contributed by atoms with Crippen LogP contribution in [0.3, 0.4) is 0 Å². The van der Waals surface area contributed by atoms with Crippen LogP contribution in [0.4, 0.5) is 44.1 Å². The highest BCUT2D eigenvalue weighted by atomic mass is 35.5. The first-order valence-corrected chi connectivity index (χ1v) is 19.3. The van der Waals surface area contributed by atoms with Crippen LogP contribution in [0.1, 0.15) is 46.3 Å². The van der Waals surface area contributed by atoms with Crippen LogP contribution >= 0.6 is 11.6 Å². The third-order valence-corrected chi connectivity index (χ3v) is 10.5. The number of benzene rings is 3. The highest BCUT2D eigenvalue weighted by Gasteiger charge is 2.42. The Morgan fingerprint density at radius 1 is 1.05 bits per heavy atom. The average Bonchev–Trinajstić information content (AvgIpc) is 3.42. The number of ether oxygens (including phenoxy) is 4. The van der Waals surface area contributed by atoms with Crippen molar-refractivity contribution in [3.8, 4) is 28.5 Å². The fourth-order valence-electron chi connectivity index (χ4n) is 7.22. The van der Waals surface area contributed by atoms with E-state index in [1.807, 2.05) is 24.3 Å². The lowest BCUT2D eigenvalue weighted by atomic mass is 9.95. The van der Waals surface area contributed by atoms with Crippen molar-refractivity contribution < 1.29 is 50.8 Å². The molecule has 1 unspecified atom stereocenters. The van der Waals surface area contributed by atoms with Gasteiger partial charge in [-0.15, -0.1) is 0 Å². The molecule has 3 aromatic carbocycles. The first-order valence-electron chi connectivity index (χ1n) is 19.0. The number of nitrogens with zero attached hydrogens (tertiary/aromatic N) is 5. The molecule has 13 nitrogen and oxygen atoms in total. The predicted octanol–water partition coefficient (Wildman–Crippen LogP) is 9.95. The maximum absolute atomic E-state index is 17.6. The largest absolute Gasteiger partial charge is 0.497 e. The van der Waals surface area contributed by atoms with Crippen LogP contribution in [0.25, 0.3) is 11.3 Å². The number of aryl methyl sites for hydroxylation is 1. The maximum Gasteiger partial charge on any atom is 0.418 e. The number of aromatic nitrogens is 2. The summed E-state index contributed by atoms with van der Waals surface area (Å²) in [5, 5.41) is 14.3. The van der Waals surface area contributed by atoms with E-state index in [2.05, 4.69) is 25.6 Å². The van der Waals surface area contributed by atoms with Crippen LogP contribution < -0.4 is 29.7 Å². The molecule has 324 valence electrons. The van der Waals surface area contributed by atoms with Crippen molar-refractivity contribution in [1.29, 1.82) is 0 Å². The Kier molecular flexibility index (Phi) is 12.6. The number of nitrogens with one attached hydrogen (secondary N) is 2. The van der Waals surface area contributed by atoms with Gasteiger partial charge in [-0.1, -0.05) is 41.9 Å². The molecule has 4 heterocycles. The summed E-state index contributed by atoms with van der Waals surface area (Å²) in [5.41, 5.74) is -1.31. The van der Waals surface area contributed by atoms with Gasteiger partial charge in [0.05, 0.1) is 59.6 Å². The van der Waals surface area contributed by atoms with E-state index < -0.39 is 70.9 Å². The van der Waals surface area contributed by atoms with E-state index in [0.29, 0.717) is 17.1 Å². The van der Waals surface area contributed by atoms with Gasteiger partial charge in [-0.05, 0) is 66.9 Å². The summed E-state index contributed by atoms with van der Waals surface area (Å²) in [5.74, 6) is -1.15. The van der Waals surface area contributed by atoms with Gasteiger partial charge >= 0.3 is 18.2 Å². The van der Waals surface area contributed by atoms with Crippen LogP contribution in [0.15, 0.2) is 90.1 Å². The number of anilines is 3. The zero-order chi connectivity index (χ0) is 44.3. The molecule has 62 heavy (non-hydrogen) atoms. The van der Waals surface area contributed by atoms with E-state index in [0.717, 1.165) is 11.1 Å². The molecule has 0 fully saturated rings. The predicted molar refractivity (Wildman–Crippen MR) is 222 cm³/mol. The first kappa shape index (κ1) is 43.3. The van der Waals surface area contributed by atoms with E-state index in [9.17, 15) is 14.3 Å². The number of rotatable bonds is 14. The van der Waals surface area contributed by atoms with Crippen LogP contribution in [0, 0.1) is 12.7 Å². The van der Waals surface area contributed by atoms with Crippen molar-refractivity contribution >= 4 is 40.9 Å². The molecule has 2 aliphatic rings. The molecule has 0 saturated carbocycles. The van der Waals surface area contributed by atoms with E-state index in [4.69, 9.17) is 30.5 Å². The SMILES string of the molecule is COc1ccc(CN(Cc2ccc(OC)cc2)c2cc(C)c(C(F)(F)F)c(-c3c(F)c4c5c(c3Cl)NCN=C5N(C(C)c3cccnc3NC(=O)O)C=C(OCCF)O4)n2)cc1. The number of hydrogen-bond acceptors (Lipinski definition) is 11. The van der Waals surface area contributed by atoms with E-state index in [-0.39, 0.29) is 54.0 Å². The number of aliphatic imine (C=N–C) groups is 1. The summed E-state index contributed by atoms with van der Waals surface area (Å²) in [4.78, 5) is 28.1. The minimum atomic E-state index is -5.05. The molecule has 2 aliphatic heterocycles. The topological polar surface area (TPSA) is 143 Å². The van der Waals surface area contributed by atoms with Crippen molar-refractivity contribution in [2.45, 2.75) is 39.2 Å². The highest BCUT2D eigenvalue weighted by Crippen LogP contribution is 2.51. The van der Waals surface area contributed by atoms with E-state index >= 15 is 17.6 Å². The monoisotopic (exact) mass is 879 g/mol. The van der Waals surface area contributed by atoms with Gasteiger partial charge in [0.2, 0.25) is 0 Å². The lowest BCUT2D eigenvalue weighted by Crippen LogP contribution is -2.33. The minimum Gasteiger partial charge on any atom is -0.497 e. The quantitative estimate of drug-likeness (QED) is 0.0918. The molecule has 0 bridgehead atoms. The second-order valence-corrected chi connectivity index (χ2v) is 14.4.